The van der Waals surface area contributed by atoms with Gasteiger partial charge in [-0.3, -0.25) is 9.97 Å². The fourth-order valence-corrected chi connectivity index (χ4v) is 4.86. The Labute approximate surface area is 243 Å². The van der Waals surface area contributed by atoms with Gasteiger partial charge in [0.2, 0.25) is 0 Å². The number of benzene rings is 4. The van der Waals surface area contributed by atoms with Crippen LogP contribution in [0.3, 0.4) is 0 Å². The first-order valence-electron chi connectivity index (χ1n) is 12.6. The maximum absolute atomic E-state index is 4.74. The third-order valence-electron chi connectivity index (χ3n) is 6.67. The summed E-state index contributed by atoms with van der Waals surface area (Å²) in [6, 6.07) is 36.2. The Morgan fingerprint density at radius 1 is 0.718 bits per heavy atom. The summed E-state index contributed by atoms with van der Waals surface area (Å²) in [4.78, 5) is 11.4. The Morgan fingerprint density at radius 2 is 1.36 bits per heavy atom. The number of imidazole rings is 2. The number of para-hydroxylation sites is 2. The third-order valence-corrected chi connectivity index (χ3v) is 6.67. The molecule has 6 heteroatoms. The fourth-order valence-electron chi connectivity index (χ4n) is 4.86. The van der Waals surface area contributed by atoms with Crippen LogP contribution < -0.4 is 4.90 Å². The summed E-state index contributed by atoms with van der Waals surface area (Å²) in [5.74, 6) is 0.870. The van der Waals surface area contributed by atoms with E-state index in [0.29, 0.717) is 0 Å². The van der Waals surface area contributed by atoms with Crippen LogP contribution in [0, 0.1) is 26.0 Å². The molecule has 0 radical (unpaired) electrons. The van der Waals surface area contributed by atoms with Crippen LogP contribution in [0.1, 0.15) is 11.1 Å². The van der Waals surface area contributed by atoms with Crippen molar-refractivity contribution in [1.82, 2.24) is 19.1 Å². The van der Waals surface area contributed by atoms with E-state index in [9.17, 15) is 0 Å². The van der Waals surface area contributed by atoms with Crippen LogP contribution in [0.15, 0.2) is 110 Å². The molecular formula is C33H27N5Pt. The zero-order chi connectivity index (χ0) is 26.1. The molecule has 0 unspecified atom stereocenters. The molecule has 0 aliphatic heterocycles. The Kier molecular flexibility index (Phi) is 7.62. The van der Waals surface area contributed by atoms with Crippen LogP contribution in [0.4, 0.5) is 17.1 Å². The van der Waals surface area contributed by atoms with Gasteiger partial charge in [-0.05, 0) is 54.7 Å². The average Bonchev–Trinajstić information content (AvgIpc) is 3.59. The summed E-state index contributed by atoms with van der Waals surface area (Å²) < 4.78 is 4.10. The number of aryl methyl sites for hydroxylation is 3. The zero-order valence-electron chi connectivity index (χ0n) is 21.9. The summed E-state index contributed by atoms with van der Waals surface area (Å²) in [7, 11) is 1.99. The van der Waals surface area contributed by atoms with Gasteiger partial charge >= 0.3 is 21.1 Å². The molecule has 0 fully saturated rings. The molecule has 2 heterocycles. The second kappa shape index (κ2) is 11.3. The van der Waals surface area contributed by atoms with Crippen LogP contribution in [0.2, 0.25) is 0 Å². The van der Waals surface area contributed by atoms with E-state index in [1.807, 2.05) is 54.5 Å². The van der Waals surface area contributed by atoms with Crippen LogP contribution in [0.5, 0.6) is 0 Å². The maximum atomic E-state index is 4.74. The molecule has 0 amide bonds. The Bertz CT molecular complexity index is 1700. The monoisotopic (exact) mass is 688 g/mol. The Balaban J connectivity index is 0.00000308. The molecule has 0 aliphatic rings. The van der Waals surface area contributed by atoms with Gasteiger partial charge in [-0.1, -0.05) is 36.4 Å². The number of hydrogen-bond acceptors (Lipinski definition) is 3. The number of nitrogens with zero attached hydrogens (tertiary/aromatic N) is 5. The normalized spacial score (nSPS) is 10.7. The second-order valence-electron chi connectivity index (χ2n) is 9.34. The first kappa shape index (κ1) is 26.4. The van der Waals surface area contributed by atoms with E-state index < -0.39 is 0 Å². The third kappa shape index (κ3) is 5.23. The van der Waals surface area contributed by atoms with Crippen molar-refractivity contribution in [3.8, 4) is 28.3 Å². The Morgan fingerprint density at radius 3 is 2.03 bits per heavy atom. The predicted octanol–water partition coefficient (Wildman–Crippen LogP) is 7.62. The molecule has 0 atom stereocenters. The summed E-state index contributed by atoms with van der Waals surface area (Å²) in [5, 5.41) is 0. The minimum absolute atomic E-state index is 0. The largest absolute Gasteiger partial charge is 2.00 e. The first-order valence-corrected chi connectivity index (χ1v) is 12.6. The number of rotatable bonds is 6. The van der Waals surface area contributed by atoms with Gasteiger partial charge in [-0.2, -0.15) is 0 Å². The van der Waals surface area contributed by atoms with Crippen molar-refractivity contribution in [3.63, 3.8) is 0 Å². The molecule has 5 nitrogen and oxygen atoms in total. The minimum Gasteiger partial charge on any atom is -0.373 e. The van der Waals surface area contributed by atoms with Gasteiger partial charge in [0, 0.05) is 30.8 Å². The zero-order valence-corrected chi connectivity index (χ0v) is 24.2. The van der Waals surface area contributed by atoms with E-state index in [0.717, 1.165) is 45.4 Å². The number of anilines is 3. The van der Waals surface area contributed by atoms with E-state index >= 15 is 0 Å². The van der Waals surface area contributed by atoms with Crippen molar-refractivity contribution in [1.29, 1.82) is 0 Å². The fraction of sp³-hybridized carbons (Fsp3) is 0.0909. The summed E-state index contributed by atoms with van der Waals surface area (Å²) in [6.07, 6.45) is 7.70. The van der Waals surface area contributed by atoms with Crippen molar-refractivity contribution in [3.05, 3.63) is 133 Å². The van der Waals surface area contributed by atoms with E-state index in [4.69, 9.17) is 4.98 Å². The van der Waals surface area contributed by atoms with Crippen molar-refractivity contribution in [2.24, 2.45) is 7.05 Å². The SMILES string of the molecule is Cc1cccc(C)c1-n1cnc(-c2[c-]c(N(c3[c-]c(-c4nccn4C)ccc3)c3ccccc3)ccc2)c1.[Pt+2]. The van der Waals surface area contributed by atoms with Gasteiger partial charge in [-0.15, -0.1) is 59.7 Å². The molecule has 6 rings (SSSR count). The smallest absolute Gasteiger partial charge is 0.373 e. The van der Waals surface area contributed by atoms with Crippen LogP contribution in [-0.4, -0.2) is 19.1 Å². The van der Waals surface area contributed by atoms with Crippen molar-refractivity contribution in [2.75, 3.05) is 4.90 Å². The average molecular weight is 689 g/mol. The van der Waals surface area contributed by atoms with E-state index in [1.165, 1.54) is 11.1 Å². The maximum Gasteiger partial charge on any atom is 2.00 e. The van der Waals surface area contributed by atoms with Gasteiger partial charge in [0.15, 0.2) is 0 Å². The van der Waals surface area contributed by atoms with Gasteiger partial charge in [-0.25, -0.2) is 0 Å². The predicted molar refractivity (Wildman–Crippen MR) is 153 cm³/mol. The standard InChI is InChI=1S/C33H27N5.Pt/c1-24-10-7-11-25(2)32(24)37-22-31(35-23-37)26-12-8-16-29(20-26)38(28-14-5-4-6-15-28)30-17-9-13-27(21-30)33-34-18-19-36(33)3;/h4-19,22-23H,1-3H3;/q-2;+2. The first-order chi connectivity index (χ1) is 18.6. The molecule has 39 heavy (non-hydrogen) atoms. The van der Waals surface area contributed by atoms with Crippen LogP contribution in [-0.2, 0) is 28.1 Å². The van der Waals surface area contributed by atoms with E-state index in [1.54, 1.807) is 6.20 Å². The molecular weight excluding hydrogens is 661 g/mol. The molecule has 194 valence electrons. The summed E-state index contributed by atoms with van der Waals surface area (Å²) in [5.41, 5.74) is 9.15. The van der Waals surface area contributed by atoms with Crippen molar-refractivity contribution < 1.29 is 21.1 Å². The minimum atomic E-state index is 0. The van der Waals surface area contributed by atoms with Crippen LogP contribution >= 0.6 is 0 Å². The van der Waals surface area contributed by atoms with Gasteiger partial charge in [0.1, 0.15) is 0 Å². The van der Waals surface area contributed by atoms with Gasteiger partial charge in [0.05, 0.1) is 17.8 Å². The quantitative estimate of drug-likeness (QED) is 0.169. The molecule has 0 aliphatic carbocycles. The van der Waals surface area contributed by atoms with Gasteiger partial charge in [0.25, 0.3) is 0 Å². The summed E-state index contributed by atoms with van der Waals surface area (Å²) in [6.45, 7) is 4.25. The summed E-state index contributed by atoms with van der Waals surface area (Å²) >= 11 is 0. The topological polar surface area (TPSA) is 38.9 Å². The van der Waals surface area contributed by atoms with E-state index in [-0.39, 0.29) is 21.1 Å². The molecule has 0 saturated carbocycles. The molecule has 0 bridgehead atoms. The molecule has 0 N–H and O–H groups in total. The van der Waals surface area contributed by atoms with E-state index in [2.05, 4.69) is 101 Å². The number of hydrogen-bond donors (Lipinski definition) is 0. The van der Waals surface area contributed by atoms with Crippen molar-refractivity contribution >= 4 is 17.1 Å². The second-order valence-corrected chi connectivity index (χ2v) is 9.34. The van der Waals surface area contributed by atoms with Gasteiger partial charge < -0.3 is 14.0 Å². The molecule has 0 saturated heterocycles. The number of aromatic nitrogens is 4. The molecule has 2 aromatic heterocycles. The van der Waals surface area contributed by atoms with Crippen molar-refractivity contribution in [2.45, 2.75) is 13.8 Å². The Hall–Kier alpha value is -4.21. The molecule has 4 aromatic carbocycles. The molecule has 6 aromatic rings. The van der Waals surface area contributed by atoms with Crippen LogP contribution in [0.25, 0.3) is 28.3 Å². The molecule has 0 spiro atoms.